The van der Waals surface area contributed by atoms with Gasteiger partial charge in [-0.3, -0.25) is 9.59 Å². The summed E-state index contributed by atoms with van der Waals surface area (Å²) in [5.41, 5.74) is 7.54. The van der Waals surface area contributed by atoms with Crippen molar-refractivity contribution in [3.63, 3.8) is 0 Å². The second-order valence-corrected chi connectivity index (χ2v) is 8.14. The third-order valence-corrected chi connectivity index (χ3v) is 5.92. The van der Waals surface area contributed by atoms with E-state index >= 15 is 0 Å². The number of carbonyl (C=O) groups excluding carboxylic acids is 2. The van der Waals surface area contributed by atoms with Crippen LogP contribution in [-0.4, -0.2) is 48.8 Å². The van der Waals surface area contributed by atoms with Crippen molar-refractivity contribution in [2.45, 2.75) is 51.2 Å². The highest BCUT2D eigenvalue weighted by Gasteiger charge is 2.34. The molecule has 3 atom stereocenters. The number of nitrogens with zero attached hydrogens (tertiary/aromatic N) is 1. The molecule has 9 heteroatoms. The van der Waals surface area contributed by atoms with Gasteiger partial charge in [-0.25, -0.2) is 0 Å². The van der Waals surface area contributed by atoms with Gasteiger partial charge in [0.25, 0.3) is 5.91 Å². The third-order valence-electron chi connectivity index (χ3n) is 5.92. The number of hydrogen-bond acceptors (Lipinski definition) is 7. The molecule has 3 unspecified atom stereocenters. The van der Waals surface area contributed by atoms with Crippen molar-refractivity contribution in [3.8, 4) is 11.5 Å². The first-order valence-electron chi connectivity index (χ1n) is 11.2. The van der Waals surface area contributed by atoms with Crippen molar-refractivity contribution in [1.82, 2.24) is 5.32 Å². The lowest BCUT2D eigenvalue weighted by Crippen LogP contribution is -2.44. The first kappa shape index (κ1) is 24.9. The summed E-state index contributed by atoms with van der Waals surface area (Å²) in [5, 5.41) is 14.9. The Kier molecular flexibility index (Phi) is 8.34. The van der Waals surface area contributed by atoms with Crippen LogP contribution < -0.4 is 20.5 Å². The van der Waals surface area contributed by atoms with Crippen LogP contribution in [0.3, 0.4) is 0 Å². The predicted molar refractivity (Wildman–Crippen MR) is 127 cm³/mol. The molecule has 1 aliphatic carbocycles. The van der Waals surface area contributed by atoms with Crippen LogP contribution in [0.15, 0.2) is 47.6 Å². The highest BCUT2D eigenvalue weighted by atomic mass is 16.5. The van der Waals surface area contributed by atoms with E-state index in [0.717, 1.165) is 5.56 Å². The van der Waals surface area contributed by atoms with Crippen molar-refractivity contribution in [2.75, 3.05) is 13.7 Å². The number of nitrogens with one attached hydrogen (secondary N) is 1. The smallest absolute Gasteiger partial charge is 0.302 e. The summed E-state index contributed by atoms with van der Waals surface area (Å²) >= 11 is 0. The highest BCUT2D eigenvalue weighted by Crippen LogP contribution is 2.38. The van der Waals surface area contributed by atoms with Crippen LogP contribution >= 0.6 is 0 Å². The van der Waals surface area contributed by atoms with E-state index in [9.17, 15) is 9.59 Å². The molecule has 3 rings (SSSR count). The number of amides is 1. The number of ether oxygens (including phenoxy) is 3. The van der Waals surface area contributed by atoms with Gasteiger partial charge in [-0.1, -0.05) is 23.4 Å². The van der Waals surface area contributed by atoms with E-state index in [-0.39, 0.29) is 35.8 Å². The quantitative estimate of drug-likeness (QED) is 0.178. The zero-order valence-corrected chi connectivity index (χ0v) is 19.6. The molecular weight excluding hydrogens is 438 g/mol. The van der Waals surface area contributed by atoms with Gasteiger partial charge in [0.2, 0.25) is 0 Å². The zero-order chi connectivity index (χ0) is 24.7. The number of benzene rings is 2. The van der Waals surface area contributed by atoms with Gasteiger partial charge < -0.3 is 30.5 Å². The maximum atomic E-state index is 13.0. The summed E-state index contributed by atoms with van der Waals surface area (Å²) < 4.78 is 16.6. The van der Waals surface area contributed by atoms with Gasteiger partial charge >= 0.3 is 5.97 Å². The molecule has 4 N–H and O–H groups in total. The summed E-state index contributed by atoms with van der Waals surface area (Å²) in [7, 11) is 1.59. The molecule has 1 saturated carbocycles. The molecule has 0 spiro atoms. The topological polar surface area (TPSA) is 132 Å². The van der Waals surface area contributed by atoms with Crippen LogP contribution in [0.25, 0.3) is 0 Å². The van der Waals surface area contributed by atoms with Crippen LogP contribution in [0.4, 0.5) is 0 Å². The van der Waals surface area contributed by atoms with Crippen LogP contribution in [0.1, 0.15) is 60.5 Å². The molecule has 1 fully saturated rings. The molecule has 0 aromatic heterocycles. The summed E-state index contributed by atoms with van der Waals surface area (Å²) in [6.07, 6.45) is 1.64. The molecule has 0 radical (unpaired) electrons. The summed E-state index contributed by atoms with van der Waals surface area (Å²) in [6, 6.07) is 12.0. The minimum Gasteiger partial charge on any atom is -0.493 e. The molecule has 182 valence electrons. The van der Waals surface area contributed by atoms with Crippen molar-refractivity contribution in [2.24, 2.45) is 10.9 Å². The third kappa shape index (κ3) is 5.98. The number of hydrogen-bond donors (Lipinski definition) is 3. The van der Waals surface area contributed by atoms with Crippen molar-refractivity contribution in [3.05, 3.63) is 59.2 Å². The molecule has 34 heavy (non-hydrogen) atoms. The molecule has 2 aromatic carbocycles. The van der Waals surface area contributed by atoms with Crippen molar-refractivity contribution >= 4 is 17.7 Å². The van der Waals surface area contributed by atoms with E-state index in [1.807, 2.05) is 25.1 Å². The lowest BCUT2D eigenvalue weighted by atomic mass is 9.78. The second-order valence-electron chi connectivity index (χ2n) is 8.14. The number of esters is 1. The number of oxime groups is 1. The number of methoxy groups -OCH3 is 1. The lowest BCUT2D eigenvalue weighted by Gasteiger charge is -2.36. The molecule has 0 bridgehead atoms. The SMILES string of the molecule is CCOc1cc(C2CC(OC(C)=O)CCC2NC(=O)c2ccc(C(N)=NO)cc2)ccc1OC. The summed E-state index contributed by atoms with van der Waals surface area (Å²) in [5.74, 6) is 0.585. The van der Waals surface area contributed by atoms with E-state index in [0.29, 0.717) is 48.5 Å². The average Bonchev–Trinajstić information content (AvgIpc) is 2.84. The maximum absolute atomic E-state index is 13.0. The largest absolute Gasteiger partial charge is 0.493 e. The van der Waals surface area contributed by atoms with Crippen LogP contribution in [0.2, 0.25) is 0 Å². The van der Waals surface area contributed by atoms with Crippen LogP contribution in [-0.2, 0) is 9.53 Å². The minimum atomic E-state index is -0.318. The molecule has 0 aliphatic heterocycles. The molecule has 9 nitrogen and oxygen atoms in total. The predicted octanol–water partition coefficient (Wildman–Crippen LogP) is 3.19. The number of rotatable bonds is 8. The van der Waals surface area contributed by atoms with Gasteiger partial charge in [0, 0.05) is 30.0 Å². The van der Waals surface area contributed by atoms with E-state index in [1.165, 1.54) is 6.92 Å². The Hall–Kier alpha value is -3.75. The Bertz CT molecular complexity index is 1040. The zero-order valence-electron chi connectivity index (χ0n) is 19.6. The fourth-order valence-corrected chi connectivity index (χ4v) is 4.31. The Labute approximate surface area is 198 Å². The first-order chi connectivity index (χ1) is 16.4. The molecule has 0 saturated heterocycles. The van der Waals surface area contributed by atoms with E-state index in [2.05, 4.69) is 10.5 Å². The van der Waals surface area contributed by atoms with E-state index < -0.39 is 0 Å². The maximum Gasteiger partial charge on any atom is 0.302 e. The Morgan fingerprint density at radius 2 is 1.82 bits per heavy atom. The fourth-order valence-electron chi connectivity index (χ4n) is 4.31. The van der Waals surface area contributed by atoms with E-state index in [1.54, 1.807) is 31.4 Å². The normalized spacial score (nSPS) is 20.3. The van der Waals surface area contributed by atoms with Gasteiger partial charge in [0.05, 0.1) is 13.7 Å². The van der Waals surface area contributed by atoms with Crippen LogP contribution in [0, 0.1) is 0 Å². The molecule has 1 aliphatic rings. The fraction of sp³-hybridized carbons (Fsp3) is 0.400. The van der Waals surface area contributed by atoms with Gasteiger partial charge in [-0.15, -0.1) is 0 Å². The Morgan fingerprint density at radius 1 is 1.12 bits per heavy atom. The molecular formula is C25H31N3O6. The van der Waals surface area contributed by atoms with Gasteiger partial charge in [-0.2, -0.15) is 0 Å². The van der Waals surface area contributed by atoms with E-state index in [4.69, 9.17) is 25.2 Å². The van der Waals surface area contributed by atoms with Crippen molar-refractivity contribution in [1.29, 1.82) is 0 Å². The van der Waals surface area contributed by atoms with Gasteiger partial charge in [0.15, 0.2) is 17.3 Å². The molecule has 1 amide bonds. The number of amidine groups is 1. The Morgan fingerprint density at radius 3 is 2.44 bits per heavy atom. The first-order valence-corrected chi connectivity index (χ1v) is 11.2. The molecule has 2 aromatic rings. The average molecular weight is 470 g/mol. The highest BCUT2D eigenvalue weighted by molar-refractivity contribution is 5.99. The monoisotopic (exact) mass is 469 g/mol. The standard InChI is InChI=1S/C25H31N3O6/c1-4-33-23-13-18(9-12-22(23)32-3)20-14-19(34-15(2)29)10-11-21(20)27-25(30)17-7-5-16(6-8-17)24(26)28-31/h5-9,12-13,19-21,31H,4,10-11,14H2,1-3H3,(H2,26,28)(H,27,30). The molecule has 0 heterocycles. The van der Waals surface area contributed by atoms with Gasteiger partial charge in [0.1, 0.15) is 6.10 Å². The summed E-state index contributed by atoms with van der Waals surface area (Å²) in [4.78, 5) is 24.6. The number of nitrogens with two attached hydrogens (primary N) is 1. The lowest BCUT2D eigenvalue weighted by molar-refractivity contribution is -0.148. The minimum absolute atomic E-state index is 0.0274. The summed E-state index contributed by atoms with van der Waals surface area (Å²) in [6.45, 7) is 3.79. The van der Waals surface area contributed by atoms with Crippen LogP contribution in [0.5, 0.6) is 11.5 Å². The van der Waals surface area contributed by atoms with Crippen molar-refractivity contribution < 1.29 is 29.0 Å². The number of carbonyl (C=O) groups is 2. The second kappa shape index (κ2) is 11.4. The van der Waals surface area contributed by atoms with Gasteiger partial charge in [-0.05, 0) is 56.0 Å². The Balaban J connectivity index is 1.85.